The Hall–Kier alpha value is -2.11. The van der Waals surface area contributed by atoms with Crippen LogP contribution in [0.15, 0.2) is 64.0 Å². The summed E-state index contributed by atoms with van der Waals surface area (Å²) in [7, 11) is 1.48. The van der Waals surface area contributed by atoms with Gasteiger partial charge in [-0.25, -0.2) is 8.42 Å². The van der Waals surface area contributed by atoms with Gasteiger partial charge in [-0.05, 0) is 19.1 Å². The summed E-state index contributed by atoms with van der Waals surface area (Å²) in [5, 5.41) is -0.268. The molecule has 2 aromatic carbocycles. The van der Waals surface area contributed by atoms with Crippen molar-refractivity contribution in [3.05, 3.63) is 60.2 Å². The first-order chi connectivity index (χ1) is 10.4. The Bertz CT molecular complexity index is 900. The fraction of sp³-hybridized carbons (Fsp3) is 0.0625. The first-order valence-corrected chi connectivity index (χ1v) is 8.84. The molecule has 1 aromatic heterocycles. The lowest BCUT2D eigenvalue weighted by Crippen LogP contribution is -1.93. The predicted molar refractivity (Wildman–Crippen MR) is 85.2 cm³/mol. The van der Waals surface area contributed by atoms with Crippen molar-refractivity contribution in [3.63, 3.8) is 0 Å². The summed E-state index contributed by atoms with van der Waals surface area (Å²) in [6, 6.07) is 16.3. The van der Waals surface area contributed by atoms with Crippen LogP contribution < -0.4 is 0 Å². The minimum absolute atomic E-state index is 0.145. The van der Waals surface area contributed by atoms with Crippen molar-refractivity contribution in [3.8, 4) is 22.8 Å². The van der Waals surface area contributed by atoms with Gasteiger partial charge in [-0.15, -0.1) is 0 Å². The van der Waals surface area contributed by atoms with E-state index in [1.807, 2.05) is 37.3 Å². The van der Waals surface area contributed by atoms with Gasteiger partial charge in [0.05, 0.1) is 0 Å². The zero-order valence-corrected chi connectivity index (χ0v) is 13.2. The van der Waals surface area contributed by atoms with Crippen LogP contribution in [0.2, 0.25) is 0 Å². The molecule has 0 radical (unpaired) electrons. The molecule has 3 aromatic rings. The average Bonchev–Trinajstić information content (AvgIpc) is 2.94. The lowest BCUT2D eigenvalue weighted by molar-refractivity contribution is 0.583. The smallest absolute Gasteiger partial charge is 0.282 e. The van der Waals surface area contributed by atoms with Crippen LogP contribution in [0.4, 0.5) is 0 Å². The summed E-state index contributed by atoms with van der Waals surface area (Å²) in [5.74, 6) is 0.365. The summed E-state index contributed by atoms with van der Waals surface area (Å²) < 4.78 is 29.2. The largest absolute Gasteiger partial charge is 0.435 e. The van der Waals surface area contributed by atoms with E-state index in [1.165, 1.54) is 0 Å². The van der Waals surface area contributed by atoms with Crippen LogP contribution in [0.5, 0.6) is 0 Å². The second kappa shape index (κ2) is 5.59. The van der Waals surface area contributed by atoms with E-state index in [4.69, 9.17) is 15.1 Å². The molecule has 0 aliphatic carbocycles. The molecule has 112 valence electrons. The third kappa shape index (κ3) is 2.91. The first kappa shape index (κ1) is 14.8. The number of benzene rings is 2. The van der Waals surface area contributed by atoms with Crippen molar-refractivity contribution in [2.75, 3.05) is 0 Å². The molecule has 0 unspecified atom stereocenters. The molecule has 0 aliphatic heterocycles. The van der Waals surface area contributed by atoms with E-state index in [2.05, 4.69) is 4.98 Å². The monoisotopic (exact) mass is 333 g/mol. The highest BCUT2D eigenvalue weighted by Crippen LogP contribution is 2.33. The summed E-state index contributed by atoms with van der Waals surface area (Å²) in [5.41, 5.74) is 2.38. The Balaban J connectivity index is 2.20. The van der Waals surface area contributed by atoms with Crippen LogP contribution in [0, 0.1) is 6.92 Å². The maximum Gasteiger partial charge on any atom is 0.282 e. The number of rotatable bonds is 3. The van der Waals surface area contributed by atoms with Crippen LogP contribution in [-0.2, 0) is 9.05 Å². The highest BCUT2D eigenvalue weighted by Gasteiger charge is 2.25. The Morgan fingerprint density at radius 1 is 0.955 bits per heavy atom. The van der Waals surface area contributed by atoms with E-state index < -0.39 is 9.05 Å². The Morgan fingerprint density at radius 3 is 2.18 bits per heavy atom. The number of hydrogen-bond donors (Lipinski definition) is 0. The molecule has 3 rings (SSSR count). The zero-order chi connectivity index (χ0) is 15.7. The van der Waals surface area contributed by atoms with Crippen molar-refractivity contribution in [2.24, 2.45) is 0 Å². The number of halogens is 1. The van der Waals surface area contributed by atoms with E-state index in [1.54, 1.807) is 24.3 Å². The van der Waals surface area contributed by atoms with Gasteiger partial charge in [0, 0.05) is 21.8 Å². The van der Waals surface area contributed by atoms with Gasteiger partial charge in [0.25, 0.3) is 9.05 Å². The Morgan fingerprint density at radius 2 is 1.59 bits per heavy atom. The lowest BCUT2D eigenvalue weighted by Gasteiger charge is -1.98. The first-order valence-electron chi connectivity index (χ1n) is 6.53. The molecule has 0 atom stereocenters. The second-order valence-electron chi connectivity index (χ2n) is 4.82. The van der Waals surface area contributed by atoms with E-state index in [-0.39, 0.29) is 16.7 Å². The van der Waals surface area contributed by atoms with Crippen molar-refractivity contribution in [2.45, 2.75) is 11.9 Å². The lowest BCUT2D eigenvalue weighted by atomic mass is 10.1. The minimum atomic E-state index is -4.01. The van der Waals surface area contributed by atoms with E-state index in [0.717, 1.165) is 5.56 Å². The van der Waals surface area contributed by atoms with Gasteiger partial charge in [-0.2, -0.15) is 4.98 Å². The normalized spacial score (nSPS) is 11.5. The fourth-order valence-corrected chi connectivity index (χ4v) is 2.95. The number of nitrogens with zero attached hydrogens (tertiary/aromatic N) is 1. The molecular formula is C16H12ClNO3S. The zero-order valence-electron chi connectivity index (χ0n) is 11.7. The highest BCUT2D eigenvalue weighted by atomic mass is 35.7. The second-order valence-corrected chi connectivity index (χ2v) is 7.30. The van der Waals surface area contributed by atoms with Gasteiger partial charge in [0.2, 0.25) is 10.9 Å². The topological polar surface area (TPSA) is 60.2 Å². The Kier molecular flexibility index (Phi) is 3.76. The van der Waals surface area contributed by atoms with Crippen LogP contribution in [0.3, 0.4) is 0 Å². The van der Waals surface area contributed by atoms with E-state index in [9.17, 15) is 8.42 Å². The molecule has 0 N–H and O–H groups in total. The average molecular weight is 334 g/mol. The predicted octanol–water partition coefficient (Wildman–Crippen LogP) is 4.24. The van der Waals surface area contributed by atoms with Gasteiger partial charge in [-0.3, -0.25) is 0 Å². The third-order valence-electron chi connectivity index (χ3n) is 3.16. The number of oxazole rings is 1. The molecule has 0 fully saturated rings. The number of aryl methyl sites for hydroxylation is 1. The van der Waals surface area contributed by atoms with Crippen molar-refractivity contribution in [1.29, 1.82) is 0 Å². The molecule has 6 heteroatoms. The maximum absolute atomic E-state index is 11.8. The van der Waals surface area contributed by atoms with Gasteiger partial charge >= 0.3 is 0 Å². The van der Waals surface area contributed by atoms with E-state index in [0.29, 0.717) is 11.1 Å². The SMILES string of the molecule is Cc1ccc(-c2nc(S(=O)(=O)Cl)c(-c3ccccc3)o2)cc1. The summed E-state index contributed by atoms with van der Waals surface area (Å²) in [6.07, 6.45) is 0. The van der Waals surface area contributed by atoms with Gasteiger partial charge < -0.3 is 4.42 Å². The molecule has 22 heavy (non-hydrogen) atoms. The molecule has 0 saturated heterocycles. The van der Waals surface area contributed by atoms with Crippen LogP contribution in [-0.4, -0.2) is 13.4 Å². The molecule has 0 saturated carbocycles. The fourth-order valence-electron chi connectivity index (χ4n) is 2.06. The van der Waals surface area contributed by atoms with Gasteiger partial charge in [-0.1, -0.05) is 48.0 Å². The molecule has 1 heterocycles. The van der Waals surface area contributed by atoms with Crippen molar-refractivity contribution in [1.82, 2.24) is 4.98 Å². The van der Waals surface area contributed by atoms with Crippen LogP contribution in [0.1, 0.15) is 5.56 Å². The quantitative estimate of drug-likeness (QED) is 0.672. The van der Waals surface area contributed by atoms with Crippen LogP contribution in [0.25, 0.3) is 22.8 Å². The van der Waals surface area contributed by atoms with Crippen molar-refractivity contribution >= 4 is 19.7 Å². The Labute approximate surface area is 132 Å². The molecule has 0 spiro atoms. The third-order valence-corrected chi connectivity index (χ3v) is 4.34. The minimum Gasteiger partial charge on any atom is -0.435 e. The summed E-state index contributed by atoms with van der Waals surface area (Å²) >= 11 is 0. The maximum atomic E-state index is 11.8. The van der Waals surface area contributed by atoms with Crippen molar-refractivity contribution < 1.29 is 12.8 Å². The number of aromatic nitrogens is 1. The molecule has 0 aliphatic rings. The van der Waals surface area contributed by atoms with Crippen LogP contribution >= 0.6 is 10.7 Å². The molecule has 0 bridgehead atoms. The molecular weight excluding hydrogens is 322 g/mol. The molecule has 4 nitrogen and oxygen atoms in total. The highest BCUT2D eigenvalue weighted by molar-refractivity contribution is 8.13. The number of hydrogen-bond acceptors (Lipinski definition) is 4. The standard InChI is InChI=1S/C16H12ClNO3S/c1-11-7-9-13(10-8-11)15-18-16(22(17,19)20)14(21-15)12-5-3-2-4-6-12/h2-10H,1H3. The van der Waals surface area contributed by atoms with Gasteiger partial charge in [0.1, 0.15) is 0 Å². The van der Waals surface area contributed by atoms with E-state index >= 15 is 0 Å². The molecule has 0 amide bonds. The summed E-state index contributed by atoms with van der Waals surface area (Å²) in [4.78, 5) is 4.07. The summed E-state index contributed by atoms with van der Waals surface area (Å²) in [6.45, 7) is 1.96. The van der Waals surface area contributed by atoms with Gasteiger partial charge in [0.15, 0.2) is 5.76 Å².